The summed E-state index contributed by atoms with van der Waals surface area (Å²) in [6.45, 7) is 1.14. The summed E-state index contributed by atoms with van der Waals surface area (Å²) in [6, 6.07) is 12.9. The number of halogens is 1. The molecule has 3 aromatic rings. The van der Waals surface area contributed by atoms with Crippen LogP contribution in [-0.2, 0) is 17.9 Å². The van der Waals surface area contributed by atoms with Crippen LogP contribution < -0.4 is 5.32 Å². The number of rotatable bonds is 7. The summed E-state index contributed by atoms with van der Waals surface area (Å²) in [5, 5.41) is 2.85. The first-order valence-corrected chi connectivity index (χ1v) is 10.3. The smallest absolute Gasteiger partial charge is 0.261 e. The lowest BCUT2D eigenvalue weighted by atomic mass is 10.1. The molecule has 1 N–H and O–H groups in total. The predicted molar refractivity (Wildman–Crippen MR) is 114 cm³/mol. The van der Waals surface area contributed by atoms with Gasteiger partial charge in [0.15, 0.2) is 0 Å². The number of carbonyl (C=O) groups is 3. The van der Waals surface area contributed by atoms with Crippen LogP contribution >= 0.6 is 15.9 Å². The van der Waals surface area contributed by atoms with Crippen LogP contribution in [0, 0.1) is 0 Å². The number of imide groups is 1. The van der Waals surface area contributed by atoms with Gasteiger partial charge in [0.2, 0.25) is 5.91 Å². The molecule has 2 heterocycles. The van der Waals surface area contributed by atoms with Gasteiger partial charge < -0.3 is 9.88 Å². The van der Waals surface area contributed by atoms with Gasteiger partial charge >= 0.3 is 0 Å². The number of imidazole rings is 1. The maximum Gasteiger partial charge on any atom is 0.261 e. The number of nitrogens with one attached hydrogen (secondary N) is 1. The molecule has 0 spiro atoms. The van der Waals surface area contributed by atoms with Crippen molar-refractivity contribution in [3.8, 4) is 0 Å². The fourth-order valence-corrected chi connectivity index (χ4v) is 3.76. The summed E-state index contributed by atoms with van der Waals surface area (Å²) in [7, 11) is 0. The number of benzene rings is 2. The SMILES string of the molecule is O=C(CCN1C(=O)c2ccc(Br)cc2C1=O)NCc1cccc(Cn2ccnc2)c1. The molecule has 3 amide bonds. The van der Waals surface area contributed by atoms with Gasteiger partial charge in [0.05, 0.1) is 17.5 Å². The highest BCUT2D eigenvalue weighted by Gasteiger charge is 2.35. The monoisotopic (exact) mass is 466 g/mol. The van der Waals surface area contributed by atoms with Crippen molar-refractivity contribution in [1.82, 2.24) is 19.8 Å². The van der Waals surface area contributed by atoms with Gasteiger partial charge in [-0.3, -0.25) is 19.3 Å². The Balaban J connectivity index is 1.30. The van der Waals surface area contributed by atoms with Crippen LogP contribution in [0.4, 0.5) is 0 Å². The van der Waals surface area contributed by atoms with Crippen LogP contribution in [0.2, 0.25) is 0 Å². The van der Waals surface area contributed by atoms with Crippen molar-refractivity contribution in [2.75, 3.05) is 6.54 Å². The van der Waals surface area contributed by atoms with Gasteiger partial charge in [-0.2, -0.15) is 0 Å². The Morgan fingerprint density at radius 1 is 1.03 bits per heavy atom. The van der Waals surface area contributed by atoms with Crippen molar-refractivity contribution in [3.05, 3.63) is 87.9 Å². The molecule has 0 fully saturated rings. The van der Waals surface area contributed by atoms with E-state index in [4.69, 9.17) is 0 Å². The van der Waals surface area contributed by atoms with E-state index in [0.717, 1.165) is 20.5 Å². The second-order valence-corrected chi connectivity index (χ2v) is 7.95. The molecule has 0 unspecified atom stereocenters. The summed E-state index contributed by atoms with van der Waals surface area (Å²) in [6.07, 6.45) is 5.44. The number of hydrogen-bond donors (Lipinski definition) is 1. The van der Waals surface area contributed by atoms with E-state index in [-0.39, 0.29) is 30.7 Å². The minimum absolute atomic E-state index is 0.0521. The number of nitrogens with zero attached hydrogens (tertiary/aromatic N) is 3. The van der Waals surface area contributed by atoms with E-state index in [2.05, 4.69) is 26.2 Å². The Kier molecular flexibility index (Phi) is 5.76. The van der Waals surface area contributed by atoms with Crippen molar-refractivity contribution < 1.29 is 14.4 Å². The summed E-state index contributed by atoms with van der Waals surface area (Å²) in [4.78, 5) is 42.3. The Morgan fingerprint density at radius 3 is 2.63 bits per heavy atom. The highest BCUT2D eigenvalue weighted by molar-refractivity contribution is 9.10. The molecule has 0 radical (unpaired) electrons. The molecule has 0 saturated carbocycles. The van der Waals surface area contributed by atoms with Gasteiger partial charge in [-0.25, -0.2) is 4.98 Å². The third kappa shape index (κ3) is 4.33. The quantitative estimate of drug-likeness (QED) is 0.542. The van der Waals surface area contributed by atoms with E-state index < -0.39 is 0 Å². The Hall–Kier alpha value is -3.26. The second-order valence-electron chi connectivity index (χ2n) is 7.03. The van der Waals surface area contributed by atoms with Crippen LogP contribution in [0.15, 0.2) is 65.7 Å². The summed E-state index contributed by atoms with van der Waals surface area (Å²) < 4.78 is 2.70. The van der Waals surface area contributed by atoms with Gasteiger partial charge in [-0.05, 0) is 29.3 Å². The third-order valence-corrected chi connectivity index (χ3v) is 5.39. The minimum atomic E-state index is -0.365. The molecule has 30 heavy (non-hydrogen) atoms. The molecule has 0 bridgehead atoms. The number of amides is 3. The zero-order valence-corrected chi connectivity index (χ0v) is 17.6. The molecule has 0 saturated heterocycles. The largest absolute Gasteiger partial charge is 0.352 e. The van der Waals surface area contributed by atoms with E-state index >= 15 is 0 Å². The minimum Gasteiger partial charge on any atom is -0.352 e. The van der Waals surface area contributed by atoms with Crippen molar-refractivity contribution in [3.63, 3.8) is 0 Å². The Morgan fingerprint density at radius 2 is 1.83 bits per heavy atom. The summed E-state index contributed by atoms with van der Waals surface area (Å²) in [5.74, 6) is -0.938. The molecule has 2 aromatic carbocycles. The van der Waals surface area contributed by atoms with Crippen molar-refractivity contribution >= 4 is 33.7 Å². The highest BCUT2D eigenvalue weighted by atomic mass is 79.9. The summed E-state index contributed by atoms with van der Waals surface area (Å²) >= 11 is 3.31. The van der Waals surface area contributed by atoms with Gasteiger partial charge in [-0.1, -0.05) is 40.2 Å². The molecule has 1 aliphatic rings. The maximum absolute atomic E-state index is 12.5. The average molecular weight is 467 g/mol. The zero-order valence-electron chi connectivity index (χ0n) is 16.0. The number of fused-ring (bicyclic) bond motifs is 1. The molecule has 0 atom stereocenters. The maximum atomic E-state index is 12.5. The molecule has 1 aromatic heterocycles. The normalized spacial score (nSPS) is 12.9. The number of hydrogen-bond acceptors (Lipinski definition) is 4. The lowest BCUT2D eigenvalue weighted by Gasteiger charge is -2.13. The van der Waals surface area contributed by atoms with Crippen LogP contribution in [0.5, 0.6) is 0 Å². The Bertz CT molecular complexity index is 1110. The van der Waals surface area contributed by atoms with Crippen molar-refractivity contribution in [1.29, 1.82) is 0 Å². The van der Waals surface area contributed by atoms with E-state index in [1.807, 2.05) is 35.0 Å². The van der Waals surface area contributed by atoms with Gasteiger partial charge in [-0.15, -0.1) is 0 Å². The summed E-state index contributed by atoms with van der Waals surface area (Å²) in [5.41, 5.74) is 2.83. The van der Waals surface area contributed by atoms with E-state index in [9.17, 15) is 14.4 Å². The molecule has 1 aliphatic heterocycles. The molecule has 8 heteroatoms. The second kappa shape index (κ2) is 8.62. The van der Waals surface area contributed by atoms with E-state index in [0.29, 0.717) is 24.2 Å². The molecule has 7 nitrogen and oxygen atoms in total. The van der Waals surface area contributed by atoms with Crippen molar-refractivity contribution in [2.45, 2.75) is 19.5 Å². The first kappa shape index (κ1) is 20.0. The highest BCUT2D eigenvalue weighted by Crippen LogP contribution is 2.26. The van der Waals surface area contributed by atoms with Crippen molar-refractivity contribution in [2.24, 2.45) is 0 Å². The van der Waals surface area contributed by atoms with Crippen LogP contribution in [0.3, 0.4) is 0 Å². The number of carbonyl (C=O) groups excluding carboxylic acids is 3. The lowest BCUT2D eigenvalue weighted by molar-refractivity contribution is -0.121. The Labute approximate surface area is 181 Å². The van der Waals surface area contributed by atoms with Crippen LogP contribution in [0.25, 0.3) is 0 Å². The van der Waals surface area contributed by atoms with Gasteiger partial charge in [0.1, 0.15) is 0 Å². The van der Waals surface area contributed by atoms with E-state index in [1.54, 1.807) is 30.7 Å². The first-order valence-electron chi connectivity index (χ1n) is 9.47. The number of aromatic nitrogens is 2. The fourth-order valence-electron chi connectivity index (χ4n) is 3.40. The topological polar surface area (TPSA) is 84.3 Å². The van der Waals surface area contributed by atoms with Gasteiger partial charge in [0.25, 0.3) is 11.8 Å². The molecule has 152 valence electrons. The van der Waals surface area contributed by atoms with Crippen LogP contribution in [-0.4, -0.2) is 38.7 Å². The molecular weight excluding hydrogens is 448 g/mol. The molecule has 4 rings (SSSR count). The van der Waals surface area contributed by atoms with Gasteiger partial charge in [0, 0.05) is 42.9 Å². The van der Waals surface area contributed by atoms with E-state index in [1.165, 1.54) is 0 Å². The average Bonchev–Trinajstić information content (AvgIpc) is 3.32. The zero-order chi connectivity index (χ0) is 21.1. The molecular formula is C22H19BrN4O3. The third-order valence-electron chi connectivity index (χ3n) is 4.90. The van der Waals surface area contributed by atoms with Crippen LogP contribution in [0.1, 0.15) is 38.3 Å². The predicted octanol–water partition coefficient (Wildman–Crippen LogP) is 3.00. The standard InChI is InChI=1S/C22H19BrN4O3/c23-17-4-5-18-19(11-17)22(30)27(21(18)29)8-6-20(28)25-12-15-2-1-3-16(10-15)13-26-9-7-24-14-26/h1-5,7,9-11,14H,6,8,12-13H2,(H,25,28). The lowest BCUT2D eigenvalue weighted by Crippen LogP contribution is -2.34. The first-order chi connectivity index (χ1) is 14.5. The fraction of sp³-hybridized carbons (Fsp3) is 0.182. The molecule has 0 aliphatic carbocycles.